The van der Waals surface area contributed by atoms with Gasteiger partial charge in [0, 0.05) is 6.54 Å². The van der Waals surface area contributed by atoms with E-state index in [1.165, 1.54) is 32.4 Å². The Morgan fingerprint density at radius 1 is 1.50 bits per heavy atom. The van der Waals surface area contributed by atoms with Crippen LogP contribution < -0.4 is 0 Å². The van der Waals surface area contributed by atoms with E-state index in [1.54, 1.807) is 0 Å². The second kappa shape index (κ2) is 2.91. The highest BCUT2D eigenvalue weighted by Crippen LogP contribution is 2.33. The van der Waals surface area contributed by atoms with E-state index in [0.717, 1.165) is 0 Å². The molecule has 1 aliphatic heterocycles. The molecule has 1 aliphatic rings. The fourth-order valence-electron chi connectivity index (χ4n) is 2.08. The zero-order chi connectivity index (χ0) is 7.61. The van der Waals surface area contributed by atoms with Crippen molar-refractivity contribution >= 4 is 0 Å². The summed E-state index contributed by atoms with van der Waals surface area (Å²) in [7, 11) is 2.22. The number of rotatable bonds is 2. The second-order valence-electron chi connectivity index (χ2n) is 4.05. The van der Waals surface area contributed by atoms with Crippen LogP contribution in [0.2, 0.25) is 0 Å². The van der Waals surface area contributed by atoms with Crippen molar-refractivity contribution in [1.82, 2.24) is 4.90 Å². The average molecular weight is 141 g/mol. The molecule has 10 heavy (non-hydrogen) atoms. The Bertz CT molecular complexity index is 107. The van der Waals surface area contributed by atoms with Crippen molar-refractivity contribution < 1.29 is 0 Å². The molecular weight excluding hydrogens is 122 g/mol. The molecule has 0 aromatic heterocycles. The van der Waals surface area contributed by atoms with Gasteiger partial charge in [0.15, 0.2) is 0 Å². The lowest BCUT2D eigenvalue weighted by Gasteiger charge is -2.22. The quantitative estimate of drug-likeness (QED) is 0.569. The summed E-state index contributed by atoms with van der Waals surface area (Å²) >= 11 is 0. The first-order valence-corrected chi connectivity index (χ1v) is 4.35. The molecule has 0 saturated carbocycles. The highest BCUT2D eigenvalue weighted by atomic mass is 15.1. The summed E-state index contributed by atoms with van der Waals surface area (Å²) in [6.07, 6.45) is 4.14. The van der Waals surface area contributed by atoms with Crippen molar-refractivity contribution in [2.45, 2.75) is 33.1 Å². The SMILES string of the molecule is CCCC1(C)CCN(C)C1. The van der Waals surface area contributed by atoms with Crippen LogP contribution >= 0.6 is 0 Å². The number of hydrogen-bond donors (Lipinski definition) is 0. The highest BCUT2D eigenvalue weighted by molar-refractivity contribution is 4.83. The molecule has 1 heteroatoms. The first kappa shape index (κ1) is 8.06. The van der Waals surface area contributed by atoms with Gasteiger partial charge in [-0.25, -0.2) is 0 Å². The molecule has 0 bridgehead atoms. The lowest BCUT2D eigenvalue weighted by atomic mass is 9.85. The molecule has 1 heterocycles. The number of likely N-dealkylation sites (tertiary alicyclic amines) is 1. The Morgan fingerprint density at radius 3 is 2.60 bits per heavy atom. The van der Waals surface area contributed by atoms with E-state index in [-0.39, 0.29) is 0 Å². The van der Waals surface area contributed by atoms with Crippen molar-refractivity contribution in [2.24, 2.45) is 5.41 Å². The molecule has 1 atom stereocenters. The van der Waals surface area contributed by atoms with Gasteiger partial charge in [-0.05, 0) is 31.8 Å². The molecule has 0 spiro atoms. The number of nitrogens with zero attached hydrogens (tertiary/aromatic N) is 1. The van der Waals surface area contributed by atoms with Gasteiger partial charge in [-0.3, -0.25) is 0 Å². The first-order chi connectivity index (χ1) is 4.66. The minimum absolute atomic E-state index is 0.642. The molecule has 0 aliphatic carbocycles. The van der Waals surface area contributed by atoms with E-state index in [1.807, 2.05) is 0 Å². The maximum absolute atomic E-state index is 2.44. The predicted molar refractivity (Wildman–Crippen MR) is 45.1 cm³/mol. The third-order valence-corrected chi connectivity index (χ3v) is 2.60. The van der Waals surface area contributed by atoms with Crippen LogP contribution in [0.5, 0.6) is 0 Å². The molecule has 0 aromatic rings. The molecule has 0 amide bonds. The van der Waals surface area contributed by atoms with Gasteiger partial charge in [-0.1, -0.05) is 20.3 Å². The zero-order valence-electron chi connectivity index (χ0n) is 7.48. The van der Waals surface area contributed by atoms with Crippen LogP contribution in [0.1, 0.15) is 33.1 Å². The van der Waals surface area contributed by atoms with E-state index in [9.17, 15) is 0 Å². The molecule has 0 radical (unpaired) electrons. The molecule has 1 saturated heterocycles. The summed E-state index contributed by atoms with van der Waals surface area (Å²) in [6.45, 7) is 7.31. The van der Waals surface area contributed by atoms with Crippen molar-refractivity contribution in [3.63, 3.8) is 0 Å². The molecule has 1 fully saturated rings. The molecule has 1 nitrogen and oxygen atoms in total. The topological polar surface area (TPSA) is 3.24 Å². The lowest BCUT2D eigenvalue weighted by molar-refractivity contribution is 0.287. The van der Waals surface area contributed by atoms with Crippen LogP contribution in [-0.4, -0.2) is 25.0 Å². The maximum atomic E-state index is 2.44. The Labute approximate surface area is 64.4 Å². The van der Waals surface area contributed by atoms with Crippen LogP contribution in [0.3, 0.4) is 0 Å². The van der Waals surface area contributed by atoms with Gasteiger partial charge >= 0.3 is 0 Å². The summed E-state index contributed by atoms with van der Waals surface area (Å²) in [5.74, 6) is 0. The number of hydrogen-bond acceptors (Lipinski definition) is 1. The molecule has 0 N–H and O–H groups in total. The minimum atomic E-state index is 0.642. The van der Waals surface area contributed by atoms with Crippen molar-refractivity contribution in [3.05, 3.63) is 0 Å². The first-order valence-electron chi connectivity index (χ1n) is 4.35. The van der Waals surface area contributed by atoms with Crippen molar-refractivity contribution in [1.29, 1.82) is 0 Å². The van der Waals surface area contributed by atoms with E-state index < -0.39 is 0 Å². The second-order valence-corrected chi connectivity index (χ2v) is 4.05. The van der Waals surface area contributed by atoms with Crippen LogP contribution in [0, 0.1) is 5.41 Å². The van der Waals surface area contributed by atoms with E-state index in [4.69, 9.17) is 0 Å². The van der Waals surface area contributed by atoms with Crippen LogP contribution in [-0.2, 0) is 0 Å². The summed E-state index contributed by atoms with van der Waals surface area (Å²) in [6, 6.07) is 0. The maximum Gasteiger partial charge on any atom is 0.00328 e. The fourth-order valence-corrected chi connectivity index (χ4v) is 2.08. The van der Waals surface area contributed by atoms with Gasteiger partial charge in [-0.2, -0.15) is 0 Å². The standard InChI is InChI=1S/C9H19N/c1-4-5-9(2)6-7-10(3)8-9/h4-8H2,1-3H3. The molecule has 60 valence electrons. The third kappa shape index (κ3) is 1.72. The van der Waals surface area contributed by atoms with E-state index in [2.05, 4.69) is 25.8 Å². The smallest absolute Gasteiger partial charge is 0.00328 e. The molecule has 0 aromatic carbocycles. The lowest BCUT2D eigenvalue weighted by Crippen LogP contribution is -2.21. The van der Waals surface area contributed by atoms with Crippen molar-refractivity contribution in [3.8, 4) is 0 Å². The van der Waals surface area contributed by atoms with Crippen LogP contribution in [0.25, 0.3) is 0 Å². The van der Waals surface area contributed by atoms with Crippen molar-refractivity contribution in [2.75, 3.05) is 20.1 Å². The molecule has 1 rings (SSSR count). The summed E-state index contributed by atoms with van der Waals surface area (Å²) in [4.78, 5) is 2.44. The Morgan fingerprint density at radius 2 is 2.20 bits per heavy atom. The van der Waals surface area contributed by atoms with E-state index in [0.29, 0.717) is 5.41 Å². The Kier molecular flexibility index (Phi) is 2.35. The summed E-state index contributed by atoms with van der Waals surface area (Å²) in [5.41, 5.74) is 0.642. The summed E-state index contributed by atoms with van der Waals surface area (Å²) < 4.78 is 0. The highest BCUT2D eigenvalue weighted by Gasteiger charge is 2.30. The monoisotopic (exact) mass is 141 g/mol. The average Bonchev–Trinajstić information content (AvgIpc) is 2.12. The largest absolute Gasteiger partial charge is 0.306 e. The summed E-state index contributed by atoms with van der Waals surface area (Å²) in [5, 5.41) is 0. The van der Waals surface area contributed by atoms with Crippen LogP contribution in [0.15, 0.2) is 0 Å². The minimum Gasteiger partial charge on any atom is -0.306 e. The van der Waals surface area contributed by atoms with Gasteiger partial charge in [0.2, 0.25) is 0 Å². The normalized spacial score (nSPS) is 35.1. The Hall–Kier alpha value is -0.0400. The van der Waals surface area contributed by atoms with Gasteiger partial charge in [0.1, 0.15) is 0 Å². The van der Waals surface area contributed by atoms with Gasteiger partial charge in [-0.15, -0.1) is 0 Å². The van der Waals surface area contributed by atoms with Gasteiger partial charge in [0.25, 0.3) is 0 Å². The molecular formula is C9H19N. The fraction of sp³-hybridized carbons (Fsp3) is 1.00. The zero-order valence-corrected chi connectivity index (χ0v) is 7.48. The van der Waals surface area contributed by atoms with Gasteiger partial charge in [0.05, 0.1) is 0 Å². The predicted octanol–water partition coefficient (Wildman–Crippen LogP) is 2.13. The molecule has 1 unspecified atom stereocenters. The Balaban J connectivity index is 2.38. The van der Waals surface area contributed by atoms with Crippen LogP contribution in [0.4, 0.5) is 0 Å². The van der Waals surface area contributed by atoms with Gasteiger partial charge < -0.3 is 4.90 Å². The third-order valence-electron chi connectivity index (χ3n) is 2.60. The van der Waals surface area contributed by atoms with E-state index >= 15 is 0 Å².